The molecule has 2 aromatic rings. The highest BCUT2D eigenvalue weighted by Gasteiger charge is 2.23. The molecule has 136 valence electrons. The zero-order chi connectivity index (χ0) is 18.2. The quantitative estimate of drug-likeness (QED) is 0.454. The average Bonchev–Trinajstić information content (AvgIpc) is 3.21. The molecular weight excluding hydrogens is 351 g/mol. The second-order valence-corrected chi connectivity index (χ2v) is 7.12. The number of hydrazone groups is 1. The minimum atomic E-state index is -0.424. The minimum absolute atomic E-state index is 0.224. The predicted octanol–water partition coefficient (Wildman–Crippen LogP) is 4.01. The molecule has 0 aromatic heterocycles. The average molecular weight is 372 g/mol. The Morgan fingerprint density at radius 1 is 1.19 bits per heavy atom. The summed E-state index contributed by atoms with van der Waals surface area (Å²) in [7, 11) is 0. The Labute approximate surface area is 156 Å². The van der Waals surface area contributed by atoms with Crippen molar-refractivity contribution in [3.8, 4) is 0 Å². The summed E-state index contributed by atoms with van der Waals surface area (Å²) in [6, 6.07) is 16.2. The third kappa shape index (κ3) is 5.41. The van der Waals surface area contributed by atoms with Crippen molar-refractivity contribution in [2.45, 2.75) is 30.3 Å². The molecule has 1 fully saturated rings. The summed E-state index contributed by atoms with van der Waals surface area (Å²) < 4.78 is 18.6. The first-order valence-electron chi connectivity index (χ1n) is 8.64. The van der Waals surface area contributed by atoms with Gasteiger partial charge < -0.3 is 4.74 Å². The molecule has 1 atom stereocenters. The van der Waals surface area contributed by atoms with Crippen LogP contribution in [0.5, 0.6) is 0 Å². The van der Waals surface area contributed by atoms with Crippen LogP contribution >= 0.6 is 11.8 Å². The number of rotatable bonds is 7. The van der Waals surface area contributed by atoms with Gasteiger partial charge in [-0.25, -0.2) is 9.82 Å². The van der Waals surface area contributed by atoms with Crippen molar-refractivity contribution in [2.24, 2.45) is 5.10 Å². The Balaban J connectivity index is 1.65. The number of nitrogens with zero attached hydrogens (tertiary/aromatic N) is 1. The fraction of sp³-hybridized carbons (Fsp3) is 0.300. The zero-order valence-electron chi connectivity index (χ0n) is 14.4. The Morgan fingerprint density at radius 3 is 2.65 bits per heavy atom. The van der Waals surface area contributed by atoms with E-state index in [2.05, 4.69) is 22.7 Å². The number of hydrogen-bond donors (Lipinski definition) is 1. The second-order valence-electron chi connectivity index (χ2n) is 5.95. The molecule has 1 unspecified atom stereocenters. The van der Waals surface area contributed by atoms with Gasteiger partial charge in [0.15, 0.2) is 0 Å². The van der Waals surface area contributed by atoms with Crippen LogP contribution in [0, 0.1) is 5.82 Å². The second kappa shape index (κ2) is 9.50. The van der Waals surface area contributed by atoms with Gasteiger partial charge in [0, 0.05) is 23.7 Å². The van der Waals surface area contributed by atoms with Crippen LogP contribution in [0.1, 0.15) is 24.8 Å². The highest BCUT2D eigenvalue weighted by molar-refractivity contribution is 7.99. The van der Waals surface area contributed by atoms with Crippen molar-refractivity contribution in [1.29, 1.82) is 0 Å². The number of carbonyl (C=O) groups is 1. The molecule has 26 heavy (non-hydrogen) atoms. The van der Waals surface area contributed by atoms with E-state index in [-0.39, 0.29) is 11.7 Å². The van der Waals surface area contributed by atoms with E-state index in [0.29, 0.717) is 13.0 Å². The van der Waals surface area contributed by atoms with E-state index in [0.717, 1.165) is 29.9 Å². The fourth-order valence-electron chi connectivity index (χ4n) is 2.67. The third-order valence-corrected chi connectivity index (χ3v) is 5.07. The van der Waals surface area contributed by atoms with Crippen molar-refractivity contribution < 1.29 is 13.9 Å². The van der Waals surface area contributed by atoms with Gasteiger partial charge in [-0.1, -0.05) is 30.3 Å². The monoisotopic (exact) mass is 372 g/mol. The van der Waals surface area contributed by atoms with Crippen LogP contribution in [0.25, 0.3) is 0 Å². The van der Waals surface area contributed by atoms with Gasteiger partial charge in [0.2, 0.25) is 0 Å². The van der Waals surface area contributed by atoms with Gasteiger partial charge in [-0.3, -0.25) is 4.79 Å². The molecule has 3 rings (SSSR count). The number of amides is 1. The van der Waals surface area contributed by atoms with Crippen molar-refractivity contribution in [1.82, 2.24) is 5.43 Å². The maximum Gasteiger partial charge on any atom is 0.269 e. The number of nitrogens with one attached hydrogen (secondary N) is 1. The van der Waals surface area contributed by atoms with E-state index in [1.54, 1.807) is 23.9 Å². The van der Waals surface area contributed by atoms with Gasteiger partial charge in [-0.05, 0) is 42.7 Å². The van der Waals surface area contributed by atoms with Crippen molar-refractivity contribution in [2.75, 3.05) is 12.4 Å². The molecule has 0 bridgehead atoms. The van der Waals surface area contributed by atoms with Gasteiger partial charge in [-0.15, -0.1) is 11.8 Å². The van der Waals surface area contributed by atoms with Gasteiger partial charge in [0.1, 0.15) is 11.9 Å². The number of carbonyl (C=O) groups excluding carboxylic acids is 1. The van der Waals surface area contributed by atoms with Crippen LogP contribution in [0.15, 0.2) is 64.6 Å². The standard InChI is InChI=1S/C20H21FN2O2S/c21-16-10-8-15(9-11-16)18(12-14-26-17-5-2-1-3-6-17)22-23-20(24)19-7-4-13-25-19/h1-3,5-6,8-11,19H,4,7,12-14H2,(H,23,24). The molecule has 0 aliphatic carbocycles. The van der Waals surface area contributed by atoms with Gasteiger partial charge in [0.25, 0.3) is 5.91 Å². The Bertz CT molecular complexity index is 744. The minimum Gasteiger partial charge on any atom is -0.368 e. The smallest absolute Gasteiger partial charge is 0.269 e. The molecule has 0 spiro atoms. The van der Waals surface area contributed by atoms with E-state index in [1.165, 1.54) is 17.0 Å². The van der Waals surface area contributed by atoms with Crippen LogP contribution in [0.4, 0.5) is 4.39 Å². The van der Waals surface area contributed by atoms with Crippen LogP contribution in [0.2, 0.25) is 0 Å². The largest absolute Gasteiger partial charge is 0.368 e. The number of benzene rings is 2. The summed E-state index contributed by atoms with van der Waals surface area (Å²) in [6.45, 7) is 0.611. The van der Waals surface area contributed by atoms with Crippen molar-refractivity contribution in [3.05, 3.63) is 66.0 Å². The summed E-state index contributed by atoms with van der Waals surface area (Å²) >= 11 is 1.71. The molecule has 1 N–H and O–H groups in total. The first-order chi connectivity index (χ1) is 12.7. The summed E-state index contributed by atoms with van der Waals surface area (Å²) in [5.41, 5.74) is 4.13. The highest BCUT2D eigenvalue weighted by atomic mass is 32.2. The SMILES string of the molecule is O=C(NN=C(CCSc1ccccc1)c1ccc(F)cc1)C1CCCO1. The summed E-state index contributed by atoms with van der Waals surface area (Å²) in [5, 5.41) is 4.30. The summed E-state index contributed by atoms with van der Waals surface area (Å²) in [4.78, 5) is 13.3. The maximum absolute atomic E-state index is 13.2. The van der Waals surface area contributed by atoms with Gasteiger partial charge in [0.05, 0.1) is 5.71 Å². The van der Waals surface area contributed by atoms with E-state index >= 15 is 0 Å². The molecular formula is C20H21FN2O2S. The molecule has 0 saturated carbocycles. The van der Waals surface area contributed by atoms with Crippen molar-refractivity contribution in [3.63, 3.8) is 0 Å². The molecule has 1 amide bonds. The predicted molar refractivity (Wildman–Crippen MR) is 102 cm³/mol. The number of halogens is 1. The molecule has 2 aromatic carbocycles. The van der Waals surface area contributed by atoms with Crippen LogP contribution in [-0.2, 0) is 9.53 Å². The topological polar surface area (TPSA) is 50.7 Å². The third-order valence-electron chi connectivity index (χ3n) is 4.05. The normalized spacial score (nSPS) is 17.3. The number of ether oxygens (including phenoxy) is 1. The fourth-order valence-corrected chi connectivity index (χ4v) is 3.55. The summed E-state index contributed by atoms with van der Waals surface area (Å²) in [6.07, 6.45) is 1.83. The Kier molecular flexibility index (Phi) is 6.80. The zero-order valence-corrected chi connectivity index (χ0v) is 15.2. The van der Waals surface area contributed by atoms with E-state index in [9.17, 15) is 9.18 Å². The lowest BCUT2D eigenvalue weighted by atomic mass is 10.1. The van der Waals surface area contributed by atoms with Crippen LogP contribution < -0.4 is 5.43 Å². The lowest BCUT2D eigenvalue weighted by Crippen LogP contribution is -2.31. The summed E-state index contributed by atoms with van der Waals surface area (Å²) in [5.74, 6) is 0.281. The van der Waals surface area contributed by atoms with Crippen molar-refractivity contribution >= 4 is 23.4 Å². The molecule has 1 heterocycles. The Hall–Kier alpha value is -2.18. The molecule has 1 aliphatic heterocycles. The van der Waals surface area contributed by atoms with E-state index in [1.807, 2.05) is 18.2 Å². The van der Waals surface area contributed by atoms with Crippen LogP contribution in [-0.4, -0.2) is 30.1 Å². The lowest BCUT2D eigenvalue weighted by molar-refractivity contribution is -0.130. The first kappa shape index (κ1) is 18.6. The molecule has 0 radical (unpaired) electrons. The molecule has 1 aliphatic rings. The molecule has 1 saturated heterocycles. The van der Waals surface area contributed by atoms with Gasteiger partial charge >= 0.3 is 0 Å². The Morgan fingerprint density at radius 2 is 1.96 bits per heavy atom. The number of thioether (sulfide) groups is 1. The number of hydrogen-bond acceptors (Lipinski definition) is 4. The highest BCUT2D eigenvalue weighted by Crippen LogP contribution is 2.19. The molecule has 6 heteroatoms. The van der Waals surface area contributed by atoms with Crippen LogP contribution in [0.3, 0.4) is 0 Å². The van der Waals surface area contributed by atoms with E-state index < -0.39 is 6.10 Å². The molecule has 4 nitrogen and oxygen atoms in total. The lowest BCUT2D eigenvalue weighted by Gasteiger charge is -2.10. The van der Waals surface area contributed by atoms with Gasteiger partial charge in [-0.2, -0.15) is 5.10 Å². The first-order valence-corrected chi connectivity index (χ1v) is 9.63. The maximum atomic E-state index is 13.2. The van der Waals surface area contributed by atoms with E-state index in [4.69, 9.17) is 4.74 Å².